The first-order chi connectivity index (χ1) is 9.58. The summed E-state index contributed by atoms with van der Waals surface area (Å²) in [5.74, 6) is -0.131. The molecule has 1 heterocycles. The highest BCUT2D eigenvalue weighted by Crippen LogP contribution is 2.23. The number of nitrogens with zero attached hydrogens (tertiary/aromatic N) is 1. The minimum atomic E-state index is -0.658. The van der Waals surface area contributed by atoms with Crippen LogP contribution >= 0.6 is 0 Å². The van der Waals surface area contributed by atoms with Crippen LogP contribution < -0.4 is 4.74 Å². The van der Waals surface area contributed by atoms with Gasteiger partial charge in [0, 0.05) is 6.04 Å². The molecule has 3 nitrogen and oxygen atoms in total. The van der Waals surface area contributed by atoms with E-state index in [1.807, 2.05) is 0 Å². The zero-order valence-corrected chi connectivity index (χ0v) is 12.3. The molecule has 1 saturated heterocycles. The largest absolute Gasteiger partial charge is 0.490 e. The highest BCUT2D eigenvalue weighted by Gasteiger charge is 2.18. The van der Waals surface area contributed by atoms with Gasteiger partial charge in [-0.2, -0.15) is 0 Å². The Kier molecular flexibility index (Phi) is 5.38. The van der Waals surface area contributed by atoms with Crippen molar-refractivity contribution in [2.45, 2.75) is 44.8 Å². The molecule has 0 aromatic heterocycles. The maximum absolute atomic E-state index is 13.8. The molecule has 0 bridgehead atoms. The molecule has 1 aromatic carbocycles. The molecule has 1 fully saturated rings. The normalized spacial score (nSPS) is 21.7. The molecule has 0 aliphatic carbocycles. The summed E-state index contributed by atoms with van der Waals surface area (Å²) in [6.07, 6.45) is 4.00. The van der Waals surface area contributed by atoms with E-state index in [-0.39, 0.29) is 5.75 Å². The van der Waals surface area contributed by atoms with Crippen molar-refractivity contribution in [1.29, 1.82) is 0 Å². The van der Waals surface area contributed by atoms with E-state index >= 15 is 0 Å². The van der Waals surface area contributed by atoms with E-state index in [0.29, 0.717) is 18.2 Å². The number of likely N-dealkylation sites (tertiary alicyclic amines) is 1. The van der Waals surface area contributed by atoms with Gasteiger partial charge in [0.15, 0.2) is 11.6 Å². The summed E-state index contributed by atoms with van der Waals surface area (Å²) in [4.78, 5) is 2.36. The zero-order chi connectivity index (χ0) is 14.5. The van der Waals surface area contributed by atoms with Gasteiger partial charge < -0.3 is 14.7 Å². The molecular formula is C16H24FNO2. The standard InChI is InChI=1S/C16H24FNO2/c1-12(19)13-6-7-16(15(17)11-13)20-10-8-14-5-3-4-9-18(14)2/h6-7,11-12,14,19H,3-5,8-10H2,1-2H3. The van der Waals surface area contributed by atoms with Crippen LogP contribution in [-0.4, -0.2) is 36.2 Å². The number of benzene rings is 1. The van der Waals surface area contributed by atoms with Crippen LogP contribution in [0.25, 0.3) is 0 Å². The molecular weight excluding hydrogens is 257 g/mol. The maximum atomic E-state index is 13.8. The Balaban J connectivity index is 1.84. The summed E-state index contributed by atoms with van der Waals surface area (Å²) in [5, 5.41) is 9.40. The number of ether oxygens (including phenoxy) is 1. The highest BCUT2D eigenvalue weighted by molar-refractivity contribution is 5.30. The molecule has 2 atom stereocenters. The highest BCUT2D eigenvalue weighted by atomic mass is 19.1. The number of aliphatic hydroxyl groups excluding tert-OH is 1. The molecule has 0 amide bonds. The van der Waals surface area contributed by atoms with E-state index in [1.165, 1.54) is 25.3 Å². The van der Waals surface area contributed by atoms with E-state index in [2.05, 4.69) is 11.9 Å². The van der Waals surface area contributed by atoms with Gasteiger partial charge in [-0.3, -0.25) is 0 Å². The number of hydrogen-bond acceptors (Lipinski definition) is 3. The van der Waals surface area contributed by atoms with Crippen molar-refractivity contribution in [1.82, 2.24) is 4.90 Å². The monoisotopic (exact) mass is 281 g/mol. The van der Waals surface area contributed by atoms with Crippen molar-refractivity contribution in [3.05, 3.63) is 29.6 Å². The van der Waals surface area contributed by atoms with Gasteiger partial charge in [0.25, 0.3) is 0 Å². The van der Waals surface area contributed by atoms with E-state index in [1.54, 1.807) is 19.1 Å². The Hall–Kier alpha value is -1.13. The van der Waals surface area contributed by atoms with Crippen LogP contribution in [0.5, 0.6) is 5.75 Å². The van der Waals surface area contributed by atoms with Gasteiger partial charge in [-0.05, 0) is 57.5 Å². The van der Waals surface area contributed by atoms with Crippen LogP contribution in [0, 0.1) is 5.82 Å². The first-order valence-electron chi connectivity index (χ1n) is 7.38. The number of hydrogen-bond donors (Lipinski definition) is 1. The smallest absolute Gasteiger partial charge is 0.165 e. The Bertz CT molecular complexity index is 436. The summed E-state index contributed by atoms with van der Waals surface area (Å²) >= 11 is 0. The summed E-state index contributed by atoms with van der Waals surface area (Å²) in [6, 6.07) is 5.19. The number of piperidine rings is 1. The lowest BCUT2D eigenvalue weighted by Gasteiger charge is -2.32. The first-order valence-corrected chi connectivity index (χ1v) is 7.38. The molecule has 0 spiro atoms. The summed E-state index contributed by atoms with van der Waals surface area (Å²) in [7, 11) is 2.14. The summed E-state index contributed by atoms with van der Waals surface area (Å²) < 4.78 is 19.3. The van der Waals surface area contributed by atoms with Crippen LogP contribution in [-0.2, 0) is 0 Å². The molecule has 1 aliphatic rings. The molecule has 0 radical (unpaired) electrons. The predicted octanol–water partition coefficient (Wildman–Crippen LogP) is 3.13. The zero-order valence-electron chi connectivity index (χ0n) is 12.3. The molecule has 1 aliphatic heterocycles. The van der Waals surface area contributed by atoms with Gasteiger partial charge in [0.2, 0.25) is 0 Å². The van der Waals surface area contributed by atoms with Crippen molar-refractivity contribution in [2.75, 3.05) is 20.2 Å². The van der Waals surface area contributed by atoms with Gasteiger partial charge in [-0.15, -0.1) is 0 Å². The van der Waals surface area contributed by atoms with Crippen LogP contribution in [0.2, 0.25) is 0 Å². The molecule has 0 saturated carbocycles. The molecule has 2 unspecified atom stereocenters. The third-order valence-corrected chi connectivity index (χ3v) is 4.07. The minimum absolute atomic E-state index is 0.271. The second-order valence-corrected chi connectivity index (χ2v) is 5.63. The maximum Gasteiger partial charge on any atom is 0.165 e. The van der Waals surface area contributed by atoms with E-state index in [4.69, 9.17) is 4.74 Å². The van der Waals surface area contributed by atoms with Crippen LogP contribution in [0.4, 0.5) is 4.39 Å². The lowest BCUT2D eigenvalue weighted by molar-refractivity contribution is 0.151. The van der Waals surface area contributed by atoms with E-state index in [9.17, 15) is 9.50 Å². The SMILES string of the molecule is CC(O)c1ccc(OCCC2CCCCN2C)c(F)c1. The lowest BCUT2D eigenvalue weighted by atomic mass is 10.0. The van der Waals surface area contributed by atoms with Crippen molar-refractivity contribution in [3.8, 4) is 5.75 Å². The quantitative estimate of drug-likeness (QED) is 0.900. The Labute approximate surface area is 120 Å². The Morgan fingerprint density at radius 2 is 2.25 bits per heavy atom. The van der Waals surface area contributed by atoms with Gasteiger partial charge in [0.05, 0.1) is 12.7 Å². The average Bonchev–Trinajstić information content (AvgIpc) is 2.42. The van der Waals surface area contributed by atoms with Gasteiger partial charge >= 0.3 is 0 Å². The first kappa shape index (κ1) is 15.3. The third-order valence-electron chi connectivity index (χ3n) is 4.07. The Morgan fingerprint density at radius 1 is 1.45 bits per heavy atom. The fourth-order valence-electron chi connectivity index (χ4n) is 2.71. The molecule has 20 heavy (non-hydrogen) atoms. The predicted molar refractivity (Wildman–Crippen MR) is 77.4 cm³/mol. The number of rotatable bonds is 5. The van der Waals surface area contributed by atoms with Crippen molar-refractivity contribution in [3.63, 3.8) is 0 Å². The number of halogens is 1. The summed E-state index contributed by atoms with van der Waals surface area (Å²) in [6.45, 7) is 3.29. The van der Waals surface area contributed by atoms with E-state index in [0.717, 1.165) is 13.0 Å². The molecule has 112 valence electrons. The van der Waals surface area contributed by atoms with Crippen LogP contribution in [0.3, 0.4) is 0 Å². The topological polar surface area (TPSA) is 32.7 Å². The van der Waals surface area contributed by atoms with Crippen molar-refractivity contribution >= 4 is 0 Å². The van der Waals surface area contributed by atoms with Crippen LogP contribution in [0.15, 0.2) is 18.2 Å². The number of aliphatic hydroxyl groups is 1. The third kappa shape index (κ3) is 3.93. The average molecular weight is 281 g/mol. The molecule has 1 N–H and O–H groups in total. The molecule has 1 aromatic rings. The second kappa shape index (κ2) is 7.04. The minimum Gasteiger partial charge on any atom is -0.490 e. The lowest BCUT2D eigenvalue weighted by Crippen LogP contribution is -2.37. The molecule has 4 heteroatoms. The van der Waals surface area contributed by atoms with Crippen molar-refractivity contribution in [2.24, 2.45) is 0 Å². The second-order valence-electron chi connectivity index (χ2n) is 5.63. The van der Waals surface area contributed by atoms with Crippen molar-refractivity contribution < 1.29 is 14.2 Å². The van der Waals surface area contributed by atoms with E-state index < -0.39 is 11.9 Å². The fourth-order valence-corrected chi connectivity index (χ4v) is 2.71. The molecule has 2 rings (SSSR count). The van der Waals surface area contributed by atoms with Crippen LogP contribution in [0.1, 0.15) is 44.3 Å². The fraction of sp³-hybridized carbons (Fsp3) is 0.625. The van der Waals surface area contributed by atoms with Gasteiger partial charge in [-0.25, -0.2) is 4.39 Å². The Morgan fingerprint density at radius 3 is 2.90 bits per heavy atom. The van der Waals surface area contributed by atoms with Gasteiger partial charge in [-0.1, -0.05) is 12.5 Å². The van der Waals surface area contributed by atoms with Gasteiger partial charge in [0.1, 0.15) is 0 Å². The summed E-state index contributed by atoms with van der Waals surface area (Å²) in [5.41, 5.74) is 0.571.